The van der Waals surface area contributed by atoms with Gasteiger partial charge in [-0.2, -0.15) is 0 Å². The largest absolute Gasteiger partial charge is 0.375 e. The second-order valence-electron chi connectivity index (χ2n) is 19.6. The van der Waals surface area contributed by atoms with Crippen LogP contribution in [0.25, 0.3) is 88.1 Å². The lowest BCUT2D eigenvalue weighted by molar-refractivity contribution is 1.24. The van der Waals surface area contributed by atoms with Gasteiger partial charge in [-0.15, -0.1) is 0 Å². The molecule has 3 nitrogen and oxygen atoms in total. The summed E-state index contributed by atoms with van der Waals surface area (Å²) in [5, 5.41) is 5.26. The number of benzene rings is 9. The molecular weight excluding hydrogens is 784 g/mol. The lowest BCUT2D eigenvalue weighted by Gasteiger charge is -2.48. The van der Waals surface area contributed by atoms with Gasteiger partial charge in [0.25, 0.3) is 0 Å². The molecule has 5 heteroatoms. The van der Waals surface area contributed by atoms with Crippen LogP contribution in [0.2, 0.25) is 0 Å². The minimum Gasteiger partial charge on any atom is -0.375 e. The van der Waals surface area contributed by atoms with Gasteiger partial charge in [0.1, 0.15) is 0 Å². The molecule has 15 rings (SSSR count). The Bertz CT molecular complexity index is 3750. The van der Waals surface area contributed by atoms with Crippen LogP contribution in [0.15, 0.2) is 152 Å². The molecule has 0 amide bonds. The molecule has 11 aromatic rings. The van der Waals surface area contributed by atoms with Crippen LogP contribution in [0.3, 0.4) is 0 Å². The Kier molecular flexibility index (Phi) is 6.74. The van der Waals surface area contributed by atoms with Gasteiger partial charge in [-0.1, -0.05) is 132 Å². The first kappa shape index (κ1) is 35.9. The van der Waals surface area contributed by atoms with Crippen molar-refractivity contribution in [2.75, 3.05) is 4.90 Å². The van der Waals surface area contributed by atoms with Crippen molar-refractivity contribution in [3.05, 3.63) is 185 Å². The lowest BCUT2D eigenvalue weighted by Crippen LogP contribution is -2.64. The van der Waals surface area contributed by atoms with Crippen LogP contribution < -0.4 is 26.8 Å². The van der Waals surface area contributed by atoms with E-state index in [1.165, 1.54) is 160 Å². The lowest BCUT2D eigenvalue weighted by atomic mass is 9.39. The summed E-state index contributed by atoms with van der Waals surface area (Å²) >= 11 is 0. The second kappa shape index (κ2) is 12.2. The second-order valence-corrected chi connectivity index (χ2v) is 19.6. The molecule has 0 saturated heterocycles. The minimum atomic E-state index is -0.0336. The molecule has 0 saturated carbocycles. The predicted octanol–water partition coefficient (Wildman–Crippen LogP) is 12.5. The molecule has 9 aromatic carbocycles. The number of aromatic nitrogens is 2. The number of hydrogen-bond donors (Lipinski definition) is 0. The van der Waals surface area contributed by atoms with Crippen molar-refractivity contribution < 1.29 is 0 Å². The third kappa shape index (κ3) is 4.35. The summed E-state index contributed by atoms with van der Waals surface area (Å²) in [6.45, 7) is 13.5. The molecule has 4 aliphatic heterocycles. The molecule has 0 spiro atoms. The SMILES string of the molecule is Cc1cc(C)c(-c2ccc3c(c2)N2c4cc(-c5c(C)cc(C)cc5C)ccc4B4c5c(cc6c(c52)B3n2c3ccccc3c3cccc-6c32)-c2cccc3c5ccccc5n4c23)c(C)c1. The van der Waals surface area contributed by atoms with Crippen molar-refractivity contribution in [1.29, 1.82) is 0 Å². The van der Waals surface area contributed by atoms with Gasteiger partial charge in [0, 0.05) is 71.8 Å². The van der Waals surface area contributed by atoms with Crippen LogP contribution in [0, 0.1) is 41.5 Å². The first-order valence-electron chi connectivity index (χ1n) is 23.2. The maximum Gasteiger partial charge on any atom is 0.333 e. The van der Waals surface area contributed by atoms with E-state index in [1.807, 2.05) is 0 Å². The Morgan fingerprint density at radius 2 is 0.785 bits per heavy atom. The number of nitrogens with zero attached hydrogens (tertiary/aromatic N) is 3. The Morgan fingerprint density at radius 3 is 1.23 bits per heavy atom. The quantitative estimate of drug-likeness (QED) is 0.158. The van der Waals surface area contributed by atoms with Crippen molar-refractivity contribution in [3.8, 4) is 44.5 Å². The summed E-state index contributed by atoms with van der Waals surface area (Å²) in [6.07, 6.45) is 0. The van der Waals surface area contributed by atoms with Crippen molar-refractivity contribution >= 4 is 96.2 Å². The molecule has 0 fully saturated rings. The molecule has 2 aromatic heterocycles. The first-order valence-corrected chi connectivity index (χ1v) is 23.2. The highest BCUT2D eigenvalue weighted by molar-refractivity contribution is 6.95. The third-order valence-electron chi connectivity index (χ3n) is 15.8. The van der Waals surface area contributed by atoms with Crippen molar-refractivity contribution in [2.45, 2.75) is 41.5 Å². The van der Waals surface area contributed by atoms with Gasteiger partial charge in [-0.05, 0) is 149 Å². The molecule has 0 unspecified atom stereocenters. The summed E-state index contributed by atoms with van der Waals surface area (Å²) in [5.41, 5.74) is 33.0. The maximum atomic E-state index is 2.73. The number of anilines is 3. The van der Waals surface area contributed by atoms with E-state index in [-0.39, 0.29) is 13.7 Å². The number of aryl methyl sites for hydroxylation is 6. The van der Waals surface area contributed by atoms with Crippen LogP contribution in [-0.4, -0.2) is 22.7 Å². The van der Waals surface area contributed by atoms with Gasteiger partial charge in [0.15, 0.2) is 0 Å². The topological polar surface area (TPSA) is 13.1 Å². The van der Waals surface area contributed by atoms with E-state index in [4.69, 9.17) is 0 Å². The zero-order valence-corrected chi connectivity index (χ0v) is 37.4. The minimum absolute atomic E-state index is 0.0336. The fourth-order valence-electron chi connectivity index (χ4n) is 13.8. The molecular formula is C60H43B2N3. The van der Waals surface area contributed by atoms with E-state index in [0.717, 1.165) is 0 Å². The van der Waals surface area contributed by atoms with Crippen LogP contribution in [0.4, 0.5) is 17.1 Å². The average molecular weight is 828 g/mol. The summed E-state index contributed by atoms with van der Waals surface area (Å²) in [4.78, 5) is 2.73. The highest BCUT2D eigenvalue weighted by atomic mass is 15.2. The molecule has 0 aliphatic carbocycles. The number of hydrogen-bond acceptors (Lipinski definition) is 1. The van der Waals surface area contributed by atoms with Crippen molar-refractivity contribution in [2.24, 2.45) is 0 Å². The van der Waals surface area contributed by atoms with Gasteiger partial charge in [0.05, 0.1) is 0 Å². The summed E-state index contributed by atoms with van der Waals surface area (Å²) in [6, 6.07) is 59.1. The molecule has 0 radical (unpaired) electrons. The maximum absolute atomic E-state index is 2.73. The fourth-order valence-corrected chi connectivity index (χ4v) is 13.8. The predicted molar refractivity (Wildman–Crippen MR) is 278 cm³/mol. The highest BCUT2D eigenvalue weighted by Gasteiger charge is 2.51. The normalized spacial score (nSPS) is 13.6. The summed E-state index contributed by atoms with van der Waals surface area (Å²) in [5.74, 6) is 0. The van der Waals surface area contributed by atoms with Gasteiger partial charge < -0.3 is 13.9 Å². The zero-order chi connectivity index (χ0) is 43.3. The van der Waals surface area contributed by atoms with Crippen LogP contribution in [-0.2, 0) is 0 Å². The summed E-state index contributed by atoms with van der Waals surface area (Å²) in [7, 11) is 0. The van der Waals surface area contributed by atoms with Gasteiger partial charge >= 0.3 is 13.7 Å². The molecule has 0 N–H and O–H groups in total. The average Bonchev–Trinajstić information content (AvgIpc) is 3.82. The van der Waals surface area contributed by atoms with Gasteiger partial charge in [-0.25, -0.2) is 0 Å². The Morgan fingerprint density at radius 1 is 0.369 bits per heavy atom. The highest BCUT2D eigenvalue weighted by Crippen LogP contribution is 2.51. The smallest absolute Gasteiger partial charge is 0.333 e. The Hall–Kier alpha value is -7.49. The molecule has 65 heavy (non-hydrogen) atoms. The monoisotopic (exact) mass is 827 g/mol. The van der Waals surface area contributed by atoms with Crippen molar-refractivity contribution in [3.63, 3.8) is 0 Å². The van der Waals surface area contributed by atoms with Gasteiger partial charge in [0.2, 0.25) is 0 Å². The molecule has 0 atom stereocenters. The van der Waals surface area contributed by atoms with E-state index in [0.29, 0.717) is 0 Å². The van der Waals surface area contributed by atoms with Crippen LogP contribution in [0.5, 0.6) is 0 Å². The molecule has 4 aliphatic rings. The van der Waals surface area contributed by atoms with Crippen LogP contribution >= 0.6 is 0 Å². The van der Waals surface area contributed by atoms with E-state index in [9.17, 15) is 0 Å². The molecule has 6 heterocycles. The van der Waals surface area contributed by atoms with E-state index < -0.39 is 0 Å². The Labute approximate surface area is 379 Å². The zero-order valence-electron chi connectivity index (χ0n) is 37.4. The molecule has 0 bridgehead atoms. The number of para-hydroxylation sites is 4. The molecule has 304 valence electrons. The summed E-state index contributed by atoms with van der Waals surface area (Å²) < 4.78 is 5.42. The number of fused-ring (bicyclic) bond motifs is 16. The van der Waals surface area contributed by atoms with Gasteiger partial charge in [-0.3, -0.25) is 0 Å². The van der Waals surface area contributed by atoms with Crippen LogP contribution in [0.1, 0.15) is 33.4 Å². The standard InChI is InChI=1S/C60H43B2N3/c1-32-25-34(3)54(35(4)26-32)38-21-23-48-52(29-38)63-53-30-39(55-36(5)27-33(2)28-37(55)6)22-24-49(53)62-57-47(45-18-12-16-43-41-14-8-10-20-51(41)65(62)59(43)45)31-46-44-17-11-15-42-40-13-7-9-19-50(40)64(58(42)44)61(48)56(46)60(57)63/h7-31H,1-6H3. The Balaban J connectivity index is 1.15. The van der Waals surface area contributed by atoms with E-state index in [1.54, 1.807) is 0 Å². The first-order chi connectivity index (χ1) is 31.7. The fraction of sp³-hybridized carbons (Fsp3) is 0.100. The van der Waals surface area contributed by atoms with E-state index >= 15 is 0 Å². The van der Waals surface area contributed by atoms with E-state index in [2.05, 4.69) is 207 Å². The number of rotatable bonds is 2. The third-order valence-corrected chi connectivity index (χ3v) is 15.8. The van der Waals surface area contributed by atoms with Crippen molar-refractivity contribution in [1.82, 2.24) is 8.96 Å².